The van der Waals surface area contributed by atoms with Gasteiger partial charge < -0.3 is 10.1 Å². The van der Waals surface area contributed by atoms with Crippen molar-refractivity contribution in [1.82, 2.24) is 0 Å². The Kier molecular flexibility index (Phi) is 7.15. The lowest BCUT2D eigenvalue weighted by Crippen LogP contribution is -2.33. The summed E-state index contributed by atoms with van der Waals surface area (Å²) in [5, 5.41) is 3.26. The number of ether oxygens (including phenoxy) is 1. The molecule has 28 heavy (non-hydrogen) atoms. The smallest absolute Gasteiger partial charge is 0.329 e. The van der Waals surface area contributed by atoms with E-state index in [-0.39, 0.29) is 11.9 Å². The fourth-order valence-corrected chi connectivity index (χ4v) is 3.54. The topological polar surface area (TPSA) is 38.3 Å². The van der Waals surface area contributed by atoms with Crippen LogP contribution in [0, 0.1) is 0 Å². The van der Waals surface area contributed by atoms with Crippen LogP contribution in [0.1, 0.15) is 29.5 Å². The highest BCUT2D eigenvalue weighted by atomic mass is 32.1. The van der Waals surface area contributed by atoms with Gasteiger partial charge in [-0.05, 0) is 35.7 Å². The van der Waals surface area contributed by atoms with E-state index in [0.29, 0.717) is 12.4 Å². The molecule has 0 amide bonds. The number of hydrogen-bond donors (Lipinski definition) is 2. The van der Waals surface area contributed by atoms with Crippen molar-refractivity contribution >= 4 is 24.3 Å². The standard InChI is InChI=1S/C24H25NO2S/c1-2-27-24(26)22(17-28)25-21-15-9-14-20(16-21)23(18-10-5-3-6-11-18)19-12-7-4-8-13-19/h3-16,22-23,25,28H,2,17H2,1H3/t22-/m0/s1. The number of esters is 1. The van der Waals surface area contributed by atoms with E-state index < -0.39 is 6.04 Å². The van der Waals surface area contributed by atoms with Gasteiger partial charge in [0.2, 0.25) is 0 Å². The molecule has 0 aliphatic heterocycles. The minimum atomic E-state index is -0.481. The molecule has 4 heteroatoms. The molecule has 3 nitrogen and oxygen atoms in total. The zero-order valence-corrected chi connectivity index (χ0v) is 16.8. The van der Waals surface area contributed by atoms with Crippen molar-refractivity contribution in [1.29, 1.82) is 0 Å². The second-order valence-corrected chi connectivity index (χ2v) is 6.88. The third kappa shape index (κ3) is 4.96. The number of nitrogens with one attached hydrogen (secondary N) is 1. The Morgan fingerprint density at radius 2 is 1.46 bits per heavy atom. The SMILES string of the molecule is CCOC(=O)[C@H](CS)Nc1cccc(C(c2ccccc2)c2ccccc2)c1. The van der Waals surface area contributed by atoms with Gasteiger partial charge in [0.25, 0.3) is 0 Å². The summed E-state index contributed by atoms with van der Waals surface area (Å²) in [6.07, 6.45) is 0. The normalized spacial score (nSPS) is 11.8. The number of carbonyl (C=O) groups excluding carboxylic acids is 1. The summed E-state index contributed by atoms with van der Waals surface area (Å²) in [5.41, 5.74) is 4.48. The van der Waals surface area contributed by atoms with E-state index in [1.54, 1.807) is 6.92 Å². The Morgan fingerprint density at radius 1 is 0.893 bits per heavy atom. The molecule has 0 fully saturated rings. The van der Waals surface area contributed by atoms with Crippen molar-refractivity contribution in [3.05, 3.63) is 102 Å². The molecule has 0 aliphatic rings. The summed E-state index contributed by atoms with van der Waals surface area (Å²) in [6.45, 7) is 2.16. The lowest BCUT2D eigenvalue weighted by molar-refractivity contribution is -0.143. The molecule has 0 saturated carbocycles. The summed E-state index contributed by atoms with van der Waals surface area (Å²) in [7, 11) is 0. The Labute approximate surface area is 172 Å². The van der Waals surface area contributed by atoms with Gasteiger partial charge in [0, 0.05) is 17.4 Å². The monoisotopic (exact) mass is 391 g/mol. The van der Waals surface area contributed by atoms with E-state index in [1.807, 2.05) is 24.3 Å². The average Bonchev–Trinajstić information content (AvgIpc) is 2.74. The maximum absolute atomic E-state index is 12.1. The highest BCUT2D eigenvalue weighted by molar-refractivity contribution is 7.80. The first-order valence-corrected chi connectivity index (χ1v) is 10.1. The van der Waals surface area contributed by atoms with Gasteiger partial charge in [-0.25, -0.2) is 4.79 Å². The first-order valence-electron chi connectivity index (χ1n) is 9.46. The zero-order valence-electron chi connectivity index (χ0n) is 15.9. The molecule has 0 spiro atoms. The van der Waals surface area contributed by atoms with Gasteiger partial charge in [0.05, 0.1) is 6.61 Å². The number of benzene rings is 3. The first-order chi connectivity index (χ1) is 13.7. The number of thiol groups is 1. The van der Waals surface area contributed by atoms with Crippen molar-refractivity contribution in [2.75, 3.05) is 17.7 Å². The Hall–Kier alpha value is -2.72. The third-order valence-corrected chi connectivity index (χ3v) is 4.95. The third-order valence-electron chi connectivity index (χ3n) is 4.58. The van der Waals surface area contributed by atoms with Crippen molar-refractivity contribution in [3.63, 3.8) is 0 Å². The van der Waals surface area contributed by atoms with Crippen LogP contribution in [-0.2, 0) is 9.53 Å². The van der Waals surface area contributed by atoms with Crippen LogP contribution in [0.15, 0.2) is 84.9 Å². The molecule has 3 rings (SSSR count). The van der Waals surface area contributed by atoms with E-state index in [0.717, 1.165) is 11.3 Å². The molecule has 1 N–H and O–H groups in total. The Morgan fingerprint density at radius 3 is 2.00 bits per heavy atom. The molecule has 0 bridgehead atoms. The minimum absolute atomic E-state index is 0.112. The molecule has 3 aromatic rings. The molecule has 1 atom stereocenters. The first kappa shape index (κ1) is 20.0. The molecule has 0 saturated heterocycles. The predicted octanol–water partition coefficient (Wildman–Crippen LogP) is 5.14. The largest absolute Gasteiger partial charge is 0.464 e. The second kappa shape index (κ2) is 10.00. The molecular formula is C24H25NO2S. The molecule has 3 aromatic carbocycles. The van der Waals surface area contributed by atoms with Crippen LogP contribution < -0.4 is 5.32 Å². The van der Waals surface area contributed by atoms with Crippen molar-refractivity contribution in [2.24, 2.45) is 0 Å². The Balaban J connectivity index is 1.94. The van der Waals surface area contributed by atoms with Crippen LogP contribution in [0.25, 0.3) is 0 Å². The second-order valence-electron chi connectivity index (χ2n) is 6.51. The van der Waals surface area contributed by atoms with E-state index >= 15 is 0 Å². The van der Waals surface area contributed by atoms with Gasteiger partial charge in [0.15, 0.2) is 0 Å². The van der Waals surface area contributed by atoms with Crippen LogP contribution in [0.2, 0.25) is 0 Å². The lowest BCUT2D eigenvalue weighted by atomic mass is 9.85. The van der Waals surface area contributed by atoms with E-state index in [4.69, 9.17) is 4.74 Å². The zero-order chi connectivity index (χ0) is 19.8. The highest BCUT2D eigenvalue weighted by Crippen LogP contribution is 2.33. The summed E-state index contributed by atoms with van der Waals surface area (Å²) in [6, 6.07) is 28.6. The van der Waals surface area contributed by atoms with Crippen molar-refractivity contribution in [2.45, 2.75) is 18.9 Å². The summed E-state index contributed by atoms with van der Waals surface area (Å²) < 4.78 is 5.13. The molecule has 0 aliphatic carbocycles. The molecule has 0 radical (unpaired) electrons. The van der Waals surface area contributed by atoms with E-state index in [2.05, 4.69) is 78.6 Å². The Bertz CT molecular complexity index is 844. The number of rotatable bonds is 8. The molecule has 0 unspecified atom stereocenters. The van der Waals surface area contributed by atoms with Gasteiger partial charge in [0.1, 0.15) is 6.04 Å². The molecular weight excluding hydrogens is 366 g/mol. The van der Waals surface area contributed by atoms with E-state index in [1.165, 1.54) is 11.1 Å². The highest BCUT2D eigenvalue weighted by Gasteiger charge is 2.20. The van der Waals surface area contributed by atoms with Crippen molar-refractivity contribution < 1.29 is 9.53 Å². The van der Waals surface area contributed by atoms with Gasteiger partial charge >= 0.3 is 5.97 Å². The number of carbonyl (C=O) groups is 1. The number of anilines is 1. The minimum Gasteiger partial charge on any atom is -0.464 e. The van der Waals surface area contributed by atoms with Crippen LogP contribution >= 0.6 is 12.6 Å². The van der Waals surface area contributed by atoms with Gasteiger partial charge in [-0.1, -0.05) is 72.8 Å². The maximum Gasteiger partial charge on any atom is 0.329 e. The summed E-state index contributed by atoms with van der Waals surface area (Å²) in [4.78, 5) is 12.1. The fourth-order valence-electron chi connectivity index (χ4n) is 3.30. The summed E-state index contributed by atoms with van der Waals surface area (Å²) >= 11 is 4.30. The molecule has 0 heterocycles. The van der Waals surface area contributed by atoms with Crippen molar-refractivity contribution in [3.8, 4) is 0 Å². The fraction of sp³-hybridized carbons (Fsp3) is 0.208. The quantitative estimate of drug-likeness (QED) is 0.317. The average molecular weight is 392 g/mol. The van der Waals surface area contributed by atoms with Gasteiger partial charge in [-0.3, -0.25) is 0 Å². The van der Waals surface area contributed by atoms with Crippen LogP contribution in [0.4, 0.5) is 5.69 Å². The van der Waals surface area contributed by atoms with E-state index in [9.17, 15) is 4.79 Å². The molecule has 144 valence electrons. The summed E-state index contributed by atoms with van der Waals surface area (Å²) in [5.74, 6) is 0.191. The maximum atomic E-state index is 12.1. The predicted molar refractivity (Wildman–Crippen MR) is 118 cm³/mol. The van der Waals surface area contributed by atoms with Gasteiger partial charge in [-0.2, -0.15) is 12.6 Å². The lowest BCUT2D eigenvalue weighted by Gasteiger charge is -2.21. The molecule has 0 aromatic heterocycles. The van der Waals surface area contributed by atoms with Crippen LogP contribution in [0.5, 0.6) is 0 Å². The van der Waals surface area contributed by atoms with Crippen LogP contribution in [0.3, 0.4) is 0 Å². The van der Waals surface area contributed by atoms with Gasteiger partial charge in [-0.15, -0.1) is 0 Å². The number of hydrogen-bond acceptors (Lipinski definition) is 4. The van der Waals surface area contributed by atoms with Crippen LogP contribution in [-0.4, -0.2) is 24.4 Å².